The van der Waals surface area contributed by atoms with Crippen LogP contribution >= 0.6 is 34.7 Å². The van der Waals surface area contributed by atoms with Gasteiger partial charge < -0.3 is 14.6 Å². The quantitative estimate of drug-likeness (QED) is 0.0412. The Morgan fingerprint density at radius 2 is 1.80 bits per heavy atom. The minimum atomic E-state index is -1.03. The molecule has 2 heterocycles. The molecule has 4 aromatic rings. The number of anilines is 1. The number of nitrogens with zero attached hydrogens (tertiary/aromatic N) is 3. The van der Waals surface area contributed by atoms with Gasteiger partial charge in [-0.1, -0.05) is 72.7 Å². The molecule has 1 unspecified atom stereocenters. The summed E-state index contributed by atoms with van der Waals surface area (Å²) in [5, 5.41) is 20.5. The molecule has 1 saturated heterocycles. The van der Waals surface area contributed by atoms with E-state index in [9.17, 15) is 19.1 Å². The number of methoxy groups -OCH3 is 1. The molecule has 8 nitrogen and oxygen atoms in total. The molecule has 0 aliphatic carbocycles. The third kappa shape index (κ3) is 6.90. The maximum absolute atomic E-state index is 13.6. The normalized spacial score (nSPS) is 16.0. The fraction of sp³-hybridized carbons (Fsp3) is 0.250. The summed E-state index contributed by atoms with van der Waals surface area (Å²) in [4.78, 5) is 28.4. The molecule has 0 saturated carbocycles. The molecule has 1 amide bonds. The van der Waals surface area contributed by atoms with Crippen LogP contribution < -0.4 is 14.4 Å². The second kappa shape index (κ2) is 14.2. The third-order valence-corrected chi connectivity index (χ3v) is 9.33. The van der Waals surface area contributed by atoms with Crippen LogP contribution in [0.3, 0.4) is 0 Å². The summed E-state index contributed by atoms with van der Waals surface area (Å²) < 4.78 is 25.4. The molecule has 228 valence electrons. The number of halogens is 2. The van der Waals surface area contributed by atoms with Gasteiger partial charge in [-0.2, -0.15) is 0 Å². The van der Waals surface area contributed by atoms with Crippen LogP contribution in [0.4, 0.5) is 9.52 Å². The van der Waals surface area contributed by atoms with Crippen molar-refractivity contribution < 1.29 is 28.6 Å². The van der Waals surface area contributed by atoms with Gasteiger partial charge in [-0.25, -0.2) is 4.39 Å². The topological polar surface area (TPSA) is 102 Å². The van der Waals surface area contributed by atoms with Crippen LogP contribution in [-0.2, 0) is 15.3 Å². The zero-order chi connectivity index (χ0) is 31.2. The summed E-state index contributed by atoms with van der Waals surface area (Å²) in [5.74, 6) is -0.931. The molecule has 1 aliphatic heterocycles. The molecule has 0 bridgehead atoms. The van der Waals surface area contributed by atoms with E-state index in [2.05, 4.69) is 17.1 Å². The van der Waals surface area contributed by atoms with Gasteiger partial charge in [-0.05, 0) is 66.1 Å². The van der Waals surface area contributed by atoms with E-state index in [-0.39, 0.29) is 22.3 Å². The van der Waals surface area contributed by atoms with Gasteiger partial charge in [-0.15, -0.1) is 10.2 Å². The van der Waals surface area contributed by atoms with Crippen molar-refractivity contribution in [2.75, 3.05) is 18.6 Å². The van der Waals surface area contributed by atoms with Crippen molar-refractivity contribution >= 4 is 57.3 Å². The number of aliphatic hydroxyl groups excluding tert-OH is 1. The fourth-order valence-electron chi connectivity index (χ4n) is 4.70. The van der Waals surface area contributed by atoms with Crippen molar-refractivity contribution in [2.45, 2.75) is 42.3 Å². The van der Waals surface area contributed by atoms with E-state index in [1.807, 2.05) is 0 Å². The summed E-state index contributed by atoms with van der Waals surface area (Å²) in [7, 11) is 1.51. The number of aromatic nitrogens is 2. The van der Waals surface area contributed by atoms with Crippen LogP contribution in [0.2, 0.25) is 5.02 Å². The standard InChI is InChI=1S/C32H29ClFN3O5S2/c1-3-4-5-16-42-24-15-10-21(17-25(24)41-2)27-26(28(38)20-8-11-22(33)12-9-20)29(39)30(40)37(27)31-35-36-32(44-31)43-18-19-6-13-23(34)14-7-19/h6-15,17,27,38H,3-5,16,18H2,1-2H3/b28-26-. The second-order valence-electron chi connectivity index (χ2n) is 9.91. The third-order valence-electron chi connectivity index (χ3n) is 6.95. The van der Waals surface area contributed by atoms with Crippen LogP contribution in [0.25, 0.3) is 5.76 Å². The highest BCUT2D eigenvalue weighted by Crippen LogP contribution is 2.45. The Hall–Kier alpha value is -3.93. The van der Waals surface area contributed by atoms with E-state index in [0.717, 1.165) is 36.2 Å². The Morgan fingerprint density at radius 3 is 2.50 bits per heavy atom. The molecule has 0 radical (unpaired) electrons. The van der Waals surface area contributed by atoms with Crippen LogP contribution in [0.1, 0.15) is 48.9 Å². The number of aliphatic hydroxyl groups is 1. The van der Waals surface area contributed by atoms with Crippen molar-refractivity contribution in [3.8, 4) is 11.5 Å². The van der Waals surface area contributed by atoms with Crippen LogP contribution in [-0.4, -0.2) is 40.7 Å². The molecular weight excluding hydrogens is 625 g/mol. The largest absolute Gasteiger partial charge is 0.507 e. The predicted molar refractivity (Wildman–Crippen MR) is 170 cm³/mol. The molecule has 5 rings (SSSR count). The van der Waals surface area contributed by atoms with Gasteiger partial charge in [0.25, 0.3) is 5.78 Å². The Balaban J connectivity index is 1.53. The van der Waals surface area contributed by atoms with Gasteiger partial charge in [0, 0.05) is 16.3 Å². The number of carbonyl (C=O) groups is 2. The Bertz CT molecular complexity index is 1680. The highest BCUT2D eigenvalue weighted by Gasteiger charge is 2.48. The minimum absolute atomic E-state index is 0.105. The fourth-order valence-corrected chi connectivity index (χ4v) is 6.65. The van der Waals surface area contributed by atoms with Crippen LogP contribution in [0.5, 0.6) is 11.5 Å². The lowest BCUT2D eigenvalue weighted by molar-refractivity contribution is -0.132. The summed E-state index contributed by atoms with van der Waals surface area (Å²) in [6, 6.07) is 16.6. The lowest BCUT2D eigenvalue weighted by atomic mass is 9.95. The van der Waals surface area contributed by atoms with Crippen molar-refractivity contribution in [3.05, 3.63) is 99.8 Å². The summed E-state index contributed by atoms with van der Waals surface area (Å²) in [6.45, 7) is 2.63. The van der Waals surface area contributed by atoms with E-state index in [1.165, 1.54) is 35.9 Å². The molecule has 1 N–H and O–H groups in total. The van der Waals surface area contributed by atoms with E-state index in [1.54, 1.807) is 54.6 Å². The number of unbranched alkanes of at least 4 members (excludes halogenated alkanes) is 2. The van der Waals surface area contributed by atoms with E-state index in [0.29, 0.717) is 44.3 Å². The molecular formula is C32H29ClFN3O5S2. The highest BCUT2D eigenvalue weighted by molar-refractivity contribution is 8.00. The molecule has 1 aliphatic rings. The molecule has 1 aromatic heterocycles. The lowest BCUT2D eigenvalue weighted by Crippen LogP contribution is -2.29. The van der Waals surface area contributed by atoms with Crippen molar-refractivity contribution in [3.63, 3.8) is 0 Å². The number of rotatable bonds is 12. The van der Waals surface area contributed by atoms with Gasteiger partial charge in [-0.3, -0.25) is 14.5 Å². The molecule has 12 heteroatoms. The molecule has 1 atom stereocenters. The minimum Gasteiger partial charge on any atom is -0.507 e. The van der Waals surface area contributed by atoms with Crippen LogP contribution in [0, 0.1) is 5.82 Å². The first kappa shape index (κ1) is 31.5. The molecule has 3 aromatic carbocycles. The summed E-state index contributed by atoms with van der Waals surface area (Å²) >= 11 is 8.56. The first-order valence-corrected chi connectivity index (χ1v) is 16.1. The first-order valence-electron chi connectivity index (χ1n) is 13.9. The monoisotopic (exact) mass is 653 g/mol. The number of benzene rings is 3. The van der Waals surface area contributed by atoms with E-state index >= 15 is 0 Å². The van der Waals surface area contributed by atoms with Gasteiger partial charge >= 0.3 is 5.91 Å². The molecule has 1 fully saturated rings. The van der Waals surface area contributed by atoms with Crippen molar-refractivity contribution in [1.29, 1.82) is 0 Å². The smallest absolute Gasteiger partial charge is 0.301 e. The Labute approximate surface area is 267 Å². The first-order chi connectivity index (χ1) is 21.3. The average Bonchev–Trinajstić information content (AvgIpc) is 3.60. The predicted octanol–water partition coefficient (Wildman–Crippen LogP) is 7.83. The molecule has 44 heavy (non-hydrogen) atoms. The number of Topliss-reactive ketones (excluding diaryl/α,β-unsaturated/α-hetero) is 1. The van der Waals surface area contributed by atoms with Gasteiger partial charge in [0.05, 0.1) is 25.3 Å². The summed E-state index contributed by atoms with van der Waals surface area (Å²) in [6.07, 6.45) is 2.98. The average molecular weight is 654 g/mol. The molecule has 0 spiro atoms. The number of hydrogen-bond donors (Lipinski definition) is 1. The van der Waals surface area contributed by atoms with Gasteiger partial charge in [0.1, 0.15) is 11.6 Å². The SMILES string of the molecule is CCCCCOc1ccc(C2/C(=C(/O)c3ccc(Cl)cc3)C(=O)C(=O)N2c2nnc(SCc3ccc(F)cc3)s2)cc1OC. The van der Waals surface area contributed by atoms with E-state index < -0.39 is 17.7 Å². The second-order valence-corrected chi connectivity index (χ2v) is 12.5. The lowest BCUT2D eigenvalue weighted by Gasteiger charge is -2.23. The van der Waals surface area contributed by atoms with E-state index in [4.69, 9.17) is 21.1 Å². The zero-order valence-electron chi connectivity index (χ0n) is 24.0. The van der Waals surface area contributed by atoms with Crippen molar-refractivity contribution in [2.24, 2.45) is 0 Å². The maximum Gasteiger partial charge on any atom is 0.301 e. The number of thioether (sulfide) groups is 1. The summed E-state index contributed by atoms with van der Waals surface area (Å²) in [5.41, 5.74) is 1.62. The highest BCUT2D eigenvalue weighted by atomic mass is 35.5. The van der Waals surface area contributed by atoms with Crippen molar-refractivity contribution in [1.82, 2.24) is 10.2 Å². The Morgan fingerprint density at radius 1 is 1.05 bits per heavy atom. The number of ether oxygens (including phenoxy) is 2. The van der Waals surface area contributed by atoms with Gasteiger partial charge in [0.15, 0.2) is 15.8 Å². The number of hydrogen-bond acceptors (Lipinski definition) is 9. The van der Waals surface area contributed by atoms with Crippen LogP contribution in [0.15, 0.2) is 76.6 Å². The number of carbonyl (C=O) groups excluding carboxylic acids is 2. The maximum atomic E-state index is 13.6. The zero-order valence-corrected chi connectivity index (χ0v) is 26.3. The number of amides is 1. The van der Waals surface area contributed by atoms with Gasteiger partial charge in [0.2, 0.25) is 5.13 Å². The Kier molecular flexibility index (Phi) is 10.2. The number of ketones is 1.